The fourth-order valence-corrected chi connectivity index (χ4v) is 3.09. The van der Waals surface area contributed by atoms with Gasteiger partial charge in [-0.05, 0) is 30.9 Å². The Labute approximate surface area is 138 Å². The molecule has 1 aliphatic heterocycles. The van der Waals surface area contributed by atoms with Gasteiger partial charge in [-0.2, -0.15) is 13.2 Å². The number of hydrogen-bond acceptors (Lipinski definition) is 4. The molecule has 0 aliphatic carbocycles. The Bertz CT molecular complexity index is 678. The predicted octanol–water partition coefficient (Wildman–Crippen LogP) is 3.69. The molecule has 0 N–H and O–H groups in total. The van der Waals surface area contributed by atoms with Crippen LogP contribution in [-0.4, -0.2) is 26.3 Å². The van der Waals surface area contributed by atoms with Gasteiger partial charge in [0.25, 0.3) is 0 Å². The summed E-state index contributed by atoms with van der Waals surface area (Å²) in [5.74, 6) is 1.85. The molecular weight excluding hydrogens is 319 g/mol. The third kappa shape index (κ3) is 3.37. The monoisotopic (exact) mass is 339 g/mol. The van der Waals surface area contributed by atoms with Gasteiger partial charge in [-0.3, -0.25) is 0 Å². The number of anilines is 1. The highest BCUT2D eigenvalue weighted by atomic mass is 19.4. The predicted molar refractivity (Wildman–Crippen MR) is 83.4 cm³/mol. The molecule has 24 heavy (non-hydrogen) atoms. The molecular formula is C16H20F3N5. The maximum atomic E-state index is 12.7. The molecule has 0 aromatic carbocycles. The van der Waals surface area contributed by atoms with Gasteiger partial charge in [0.1, 0.15) is 12.1 Å². The normalized spacial score (nSPS) is 18.6. The Morgan fingerprint density at radius 2 is 2.08 bits per heavy atom. The van der Waals surface area contributed by atoms with Crippen molar-refractivity contribution in [2.24, 2.45) is 5.92 Å². The summed E-state index contributed by atoms with van der Waals surface area (Å²) >= 11 is 0. The van der Waals surface area contributed by atoms with E-state index in [1.807, 2.05) is 9.47 Å². The molecule has 0 amide bonds. The van der Waals surface area contributed by atoms with Gasteiger partial charge in [0.05, 0.1) is 11.6 Å². The average molecular weight is 339 g/mol. The lowest BCUT2D eigenvalue weighted by atomic mass is 10.1. The molecule has 3 rings (SSSR count). The summed E-state index contributed by atoms with van der Waals surface area (Å²) in [5, 5.41) is 8.26. The Kier molecular flexibility index (Phi) is 4.47. The number of nitrogens with zero attached hydrogens (tertiary/aromatic N) is 5. The molecule has 3 heterocycles. The fraction of sp³-hybridized carbons (Fsp3) is 0.562. The molecule has 1 atom stereocenters. The molecule has 8 heteroatoms. The molecule has 1 fully saturated rings. The molecule has 2 aromatic rings. The van der Waals surface area contributed by atoms with E-state index in [4.69, 9.17) is 0 Å². The molecule has 0 radical (unpaired) electrons. The van der Waals surface area contributed by atoms with E-state index in [1.54, 1.807) is 6.33 Å². The maximum absolute atomic E-state index is 12.7. The summed E-state index contributed by atoms with van der Waals surface area (Å²) in [7, 11) is 0. The number of pyridine rings is 1. The van der Waals surface area contributed by atoms with Crippen LogP contribution in [0.3, 0.4) is 0 Å². The molecule has 0 saturated carbocycles. The van der Waals surface area contributed by atoms with Gasteiger partial charge in [-0.1, -0.05) is 13.8 Å². The summed E-state index contributed by atoms with van der Waals surface area (Å²) in [4.78, 5) is 6.04. The Hall–Kier alpha value is -2.12. The van der Waals surface area contributed by atoms with Crippen molar-refractivity contribution in [3.05, 3.63) is 36.0 Å². The number of halogens is 3. The highest BCUT2D eigenvalue weighted by Gasteiger charge is 2.33. The number of aromatic nitrogens is 4. The standard InChI is InChI=1S/C16H20F3N5/c1-11(2)9-23-10-21-22-15(23)13-4-3-7-24(13)14-6-5-12(8-20-14)16(17,18)19/h5-6,8,10-11,13H,3-4,7,9H2,1-2H3. The van der Waals surface area contributed by atoms with Crippen LogP contribution in [0.15, 0.2) is 24.7 Å². The van der Waals surface area contributed by atoms with Crippen molar-refractivity contribution in [1.29, 1.82) is 0 Å². The minimum atomic E-state index is -4.37. The van der Waals surface area contributed by atoms with E-state index in [9.17, 15) is 13.2 Å². The molecule has 1 saturated heterocycles. The lowest BCUT2D eigenvalue weighted by molar-refractivity contribution is -0.137. The van der Waals surface area contributed by atoms with E-state index < -0.39 is 11.7 Å². The molecule has 5 nitrogen and oxygen atoms in total. The quantitative estimate of drug-likeness (QED) is 0.852. The summed E-state index contributed by atoms with van der Waals surface area (Å²) in [5.41, 5.74) is -0.732. The topological polar surface area (TPSA) is 46.8 Å². The molecule has 1 aliphatic rings. The number of alkyl halides is 3. The first-order valence-electron chi connectivity index (χ1n) is 8.04. The van der Waals surface area contributed by atoms with E-state index in [0.29, 0.717) is 11.7 Å². The summed E-state index contributed by atoms with van der Waals surface area (Å²) in [6.07, 6.45) is 0.0738. The molecule has 1 unspecified atom stereocenters. The SMILES string of the molecule is CC(C)Cn1cnnc1C1CCCN1c1ccc(C(F)(F)F)cn1. The van der Waals surface area contributed by atoms with Crippen molar-refractivity contribution in [3.63, 3.8) is 0 Å². The van der Waals surface area contributed by atoms with Gasteiger partial charge in [-0.25, -0.2) is 4.98 Å². The third-order valence-corrected chi connectivity index (χ3v) is 4.13. The summed E-state index contributed by atoms with van der Waals surface area (Å²) in [6, 6.07) is 2.51. The van der Waals surface area contributed by atoms with Crippen LogP contribution in [0.5, 0.6) is 0 Å². The zero-order valence-corrected chi connectivity index (χ0v) is 13.7. The van der Waals surface area contributed by atoms with Crippen LogP contribution in [0.4, 0.5) is 19.0 Å². The first-order valence-corrected chi connectivity index (χ1v) is 8.04. The van der Waals surface area contributed by atoms with Crippen LogP contribution >= 0.6 is 0 Å². The lowest BCUT2D eigenvalue weighted by Gasteiger charge is -2.26. The Morgan fingerprint density at radius 1 is 1.29 bits per heavy atom. The van der Waals surface area contributed by atoms with Gasteiger partial charge >= 0.3 is 6.18 Å². The molecule has 0 bridgehead atoms. The van der Waals surface area contributed by atoms with Crippen molar-refractivity contribution in [1.82, 2.24) is 19.7 Å². The van der Waals surface area contributed by atoms with Crippen molar-refractivity contribution >= 4 is 5.82 Å². The Balaban J connectivity index is 1.85. The van der Waals surface area contributed by atoms with Gasteiger partial charge < -0.3 is 9.47 Å². The van der Waals surface area contributed by atoms with Gasteiger partial charge in [0.2, 0.25) is 0 Å². The van der Waals surface area contributed by atoms with Crippen LogP contribution in [-0.2, 0) is 12.7 Å². The van der Waals surface area contributed by atoms with E-state index in [2.05, 4.69) is 29.0 Å². The zero-order valence-electron chi connectivity index (χ0n) is 13.7. The third-order valence-electron chi connectivity index (χ3n) is 4.13. The highest BCUT2D eigenvalue weighted by Crippen LogP contribution is 2.35. The van der Waals surface area contributed by atoms with E-state index in [-0.39, 0.29) is 6.04 Å². The second-order valence-corrected chi connectivity index (χ2v) is 6.49. The van der Waals surface area contributed by atoms with Crippen LogP contribution in [0.2, 0.25) is 0 Å². The molecule has 2 aromatic heterocycles. The molecule has 0 spiro atoms. The highest BCUT2D eigenvalue weighted by molar-refractivity contribution is 5.43. The summed E-state index contributed by atoms with van der Waals surface area (Å²) < 4.78 is 40.1. The van der Waals surface area contributed by atoms with Crippen molar-refractivity contribution in [3.8, 4) is 0 Å². The van der Waals surface area contributed by atoms with Crippen molar-refractivity contribution < 1.29 is 13.2 Å². The first kappa shape index (κ1) is 16.7. The smallest absolute Gasteiger partial charge is 0.346 e. The van der Waals surface area contributed by atoms with Crippen molar-refractivity contribution in [2.75, 3.05) is 11.4 Å². The van der Waals surface area contributed by atoms with Crippen molar-refractivity contribution in [2.45, 2.75) is 45.5 Å². The first-order chi connectivity index (χ1) is 11.4. The minimum absolute atomic E-state index is 0.00418. The van der Waals surface area contributed by atoms with Crippen LogP contribution < -0.4 is 4.90 Å². The van der Waals surface area contributed by atoms with Crippen LogP contribution in [0.25, 0.3) is 0 Å². The van der Waals surface area contributed by atoms with Crippen LogP contribution in [0.1, 0.15) is 44.1 Å². The molecule has 130 valence electrons. The zero-order chi connectivity index (χ0) is 17.3. The second-order valence-electron chi connectivity index (χ2n) is 6.49. The fourth-order valence-electron chi connectivity index (χ4n) is 3.09. The number of rotatable bonds is 4. The van der Waals surface area contributed by atoms with Gasteiger partial charge in [0, 0.05) is 19.3 Å². The largest absolute Gasteiger partial charge is 0.417 e. The van der Waals surface area contributed by atoms with E-state index in [1.165, 1.54) is 6.07 Å². The Morgan fingerprint density at radius 3 is 2.71 bits per heavy atom. The maximum Gasteiger partial charge on any atom is 0.417 e. The lowest BCUT2D eigenvalue weighted by Crippen LogP contribution is -2.26. The van der Waals surface area contributed by atoms with Crippen LogP contribution in [0, 0.1) is 5.92 Å². The minimum Gasteiger partial charge on any atom is -0.346 e. The van der Waals surface area contributed by atoms with E-state index >= 15 is 0 Å². The summed E-state index contributed by atoms with van der Waals surface area (Å²) in [6.45, 7) is 5.80. The van der Waals surface area contributed by atoms with Gasteiger partial charge in [-0.15, -0.1) is 10.2 Å². The average Bonchev–Trinajstić information content (AvgIpc) is 3.14. The second kappa shape index (κ2) is 6.41. The van der Waals surface area contributed by atoms with Gasteiger partial charge in [0.15, 0.2) is 5.82 Å². The van der Waals surface area contributed by atoms with E-state index in [0.717, 1.165) is 44.0 Å². The number of hydrogen-bond donors (Lipinski definition) is 0.